The molecule has 0 atom stereocenters. The summed E-state index contributed by atoms with van der Waals surface area (Å²) >= 11 is 0. The molecule has 0 spiro atoms. The molecule has 0 aliphatic rings. The van der Waals surface area contributed by atoms with Gasteiger partial charge in [0.2, 0.25) is 0 Å². The van der Waals surface area contributed by atoms with E-state index >= 15 is 0 Å². The van der Waals surface area contributed by atoms with Gasteiger partial charge in [0.25, 0.3) is 5.91 Å². The standard InChI is InChI=1S/C28H22N2O5/c31-27(20-34-25-13-11-23(12-14-25)22-7-2-1-3-8-22)30-29-19-21-6-4-9-26(18-21)35-28(32)16-15-24-10-5-17-33-24/h1-19H,20H2,(H,30,31)/b16-15+,29-19+. The lowest BCUT2D eigenvalue weighted by Crippen LogP contribution is -2.24. The molecule has 0 unspecified atom stereocenters. The Morgan fingerprint density at radius 2 is 1.66 bits per heavy atom. The van der Waals surface area contributed by atoms with Crippen molar-refractivity contribution in [2.45, 2.75) is 0 Å². The van der Waals surface area contributed by atoms with Gasteiger partial charge in [0.05, 0.1) is 12.5 Å². The van der Waals surface area contributed by atoms with Gasteiger partial charge < -0.3 is 13.9 Å². The molecule has 1 N–H and O–H groups in total. The SMILES string of the molecule is O=C(COc1ccc(-c2ccccc2)cc1)N/N=C/c1cccc(OC(=O)/C=C/c2ccco2)c1. The number of hydrogen-bond donors (Lipinski definition) is 1. The van der Waals surface area contributed by atoms with Gasteiger partial charge in [-0.15, -0.1) is 0 Å². The number of benzene rings is 3. The van der Waals surface area contributed by atoms with Gasteiger partial charge in [-0.1, -0.05) is 54.6 Å². The molecular formula is C28H22N2O5. The van der Waals surface area contributed by atoms with Gasteiger partial charge in [-0.2, -0.15) is 5.10 Å². The largest absolute Gasteiger partial charge is 0.484 e. The van der Waals surface area contributed by atoms with E-state index in [0.29, 0.717) is 22.8 Å². The predicted octanol–water partition coefficient (Wildman–Crippen LogP) is 5.09. The van der Waals surface area contributed by atoms with Gasteiger partial charge in [0.1, 0.15) is 17.3 Å². The van der Waals surface area contributed by atoms with Crippen molar-refractivity contribution in [3.05, 3.63) is 115 Å². The van der Waals surface area contributed by atoms with E-state index in [1.807, 2.05) is 54.6 Å². The lowest BCUT2D eigenvalue weighted by atomic mass is 10.1. The van der Waals surface area contributed by atoms with E-state index in [9.17, 15) is 9.59 Å². The van der Waals surface area contributed by atoms with Gasteiger partial charge in [-0.3, -0.25) is 4.79 Å². The summed E-state index contributed by atoms with van der Waals surface area (Å²) in [6.07, 6.45) is 5.75. The highest BCUT2D eigenvalue weighted by Gasteiger charge is 2.04. The summed E-state index contributed by atoms with van der Waals surface area (Å²) in [6.45, 7) is -0.179. The number of nitrogens with one attached hydrogen (secondary N) is 1. The first-order chi connectivity index (χ1) is 17.2. The van der Waals surface area contributed by atoms with Crippen molar-refractivity contribution < 1.29 is 23.5 Å². The van der Waals surface area contributed by atoms with E-state index in [4.69, 9.17) is 13.9 Å². The molecule has 0 saturated carbocycles. The number of ether oxygens (including phenoxy) is 2. The maximum absolute atomic E-state index is 12.0. The Labute approximate surface area is 202 Å². The van der Waals surface area contributed by atoms with Gasteiger partial charge in [-0.05, 0) is 59.2 Å². The number of hydrogen-bond acceptors (Lipinski definition) is 6. The maximum Gasteiger partial charge on any atom is 0.336 e. The minimum absolute atomic E-state index is 0.179. The Balaban J connectivity index is 1.23. The molecule has 0 bridgehead atoms. The normalized spacial score (nSPS) is 11.0. The minimum atomic E-state index is -0.544. The smallest absolute Gasteiger partial charge is 0.336 e. The number of esters is 1. The molecule has 1 aromatic heterocycles. The summed E-state index contributed by atoms with van der Waals surface area (Å²) in [7, 11) is 0. The highest BCUT2D eigenvalue weighted by molar-refractivity contribution is 5.89. The van der Waals surface area contributed by atoms with Crippen molar-refractivity contribution in [1.29, 1.82) is 0 Å². The van der Waals surface area contributed by atoms with Crippen LogP contribution >= 0.6 is 0 Å². The first-order valence-corrected chi connectivity index (χ1v) is 10.8. The van der Waals surface area contributed by atoms with E-state index in [-0.39, 0.29) is 6.61 Å². The number of carbonyl (C=O) groups excluding carboxylic acids is 2. The van der Waals surface area contributed by atoms with E-state index in [1.165, 1.54) is 24.6 Å². The highest BCUT2D eigenvalue weighted by atomic mass is 16.5. The third kappa shape index (κ3) is 7.30. The zero-order valence-corrected chi connectivity index (χ0v) is 18.7. The molecule has 7 heteroatoms. The summed E-state index contributed by atoms with van der Waals surface area (Å²) in [5.74, 6) is 0.527. The van der Waals surface area contributed by atoms with Crippen LogP contribution < -0.4 is 14.9 Å². The maximum atomic E-state index is 12.0. The van der Waals surface area contributed by atoms with E-state index in [0.717, 1.165) is 11.1 Å². The Morgan fingerprint density at radius 1 is 0.857 bits per heavy atom. The molecule has 4 rings (SSSR count). The van der Waals surface area contributed by atoms with E-state index in [1.54, 1.807) is 36.4 Å². The zero-order chi connectivity index (χ0) is 24.3. The van der Waals surface area contributed by atoms with Crippen LogP contribution in [0.4, 0.5) is 0 Å². The predicted molar refractivity (Wildman–Crippen MR) is 133 cm³/mol. The Morgan fingerprint density at radius 3 is 2.43 bits per heavy atom. The van der Waals surface area contributed by atoms with Crippen LogP contribution in [0.5, 0.6) is 11.5 Å². The summed E-state index contributed by atoms with van der Waals surface area (Å²) in [4.78, 5) is 24.0. The zero-order valence-electron chi connectivity index (χ0n) is 18.7. The van der Waals surface area contributed by atoms with Crippen molar-refractivity contribution in [2.24, 2.45) is 5.10 Å². The first kappa shape index (κ1) is 23.3. The average Bonchev–Trinajstić information content (AvgIpc) is 3.41. The van der Waals surface area contributed by atoms with Gasteiger partial charge in [-0.25, -0.2) is 10.2 Å². The first-order valence-electron chi connectivity index (χ1n) is 10.8. The molecule has 0 aliphatic heterocycles. The molecule has 0 fully saturated rings. The summed E-state index contributed by atoms with van der Waals surface area (Å²) in [6, 6.07) is 27.7. The molecule has 0 aliphatic carbocycles. The fraction of sp³-hybridized carbons (Fsp3) is 0.0357. The van der Waals surface area contributed by atoms with E-state index < -0.39 is 11.9 Å². The summed E-state index contributed by atoms with van der Waals surface area (Å²) in [5.41, 5.74) is 5.22. The monoisotopic (exact) mass is 466 g/mol. The van der Waals surface area contributed by atoms with Crippen molar-refractivity contribution in [1.82, 2.24) is 5.43 Å². The van der Waals surface area contributed by atoms with Crippen LogP contribution in [0.25, 0.3) is 17.2 Å². The highest BCUT2D eigenvalue weighted by Crippen LogP contribution is 2.22. The van der Waals surface area contributed by atoms with Crippen LogP contribution in [0, 0.1) is 0 Å². The van der Waals surface area contributed by atoms with Crippen molar-refractivity contribution >= 4 is 24.2 Å². The van der Waals surface area contributed by atoms with Crippen LogP contribution in [0.2, 0.25) is 0 Å². The second-order valence-corrected chi connectivity index (χ2v) is 7.31. The van der Waals surface area contributed by atoms with E-state index in [2.05, 4.69) is 10.5 Å². The molecular weight excluding hydrogens is 444 g/mol. The number of hydrazone groups is 1. The molecule has 7 nitrogen and oxygen atoms in total. The molecule has 174 valence electrons. The summed E-state index contributed by atoms with van der Waals surface area (Å²) < 4.78 is 15.9. The van der Waals surface area contributed by atoms with Crippen LogP contribution in [0.1, 0.15) is 11.3 Å². The van der Waals surface area contributed by atoms with Gasteiger partial charge in [0, 0.05) is 6.08 Å². The lowest BCUT2D eigenvalue weighted by Gasteiger charge is -2.07. The van der Waals surface area contributed by atoms with Crippen molar-refractivity contribution in [2.75, 3.05) is 6.61 Å². The second-order valence-electron chi connectivity index (χ2n) is 7.31. The van der Waals surface area contributed by atoms with Crippen LogP contribution in [-0.4, -0.2) is 24.7 Å². The topological polar surface area (TPSA) is 90.1 Å². The van der Waals surface area contributed by atoms with Crippen LogP contribution in [0.15, 0.2) is 113 Å². The third-order valence-electron chi connectivity index (χ3n) is 4.74. The molecule has 1 heterocycles. The molecule has 0 saturated heterocycles. The fourth-order valence-corrected chi connectivity index (χ4v) is 3.08. The number of amides is 1. The van der Waals surface area contributed by atoms with Gasteiger partial charge >= 0.3 is 5.97 Å². The Hall–Kier alpha value is -4.91. The Bertz CT molecular complexity index is 1310. The third-order valence-corrected chi connectivity index (χ3v) is 4.74. The number of nitrogens with zero attached hydrogens (tertiary/aromatic N) is 1. The number of furan rings is 1. The van der Waals surface area contributed by atoms with Crippen LogP contribution in [-0.2, 0) is 9.59 Å². The summed E-state index contributed by atoms with van der Waals surface area (Å²) in [5, 5.41) is 3.93. The molecule has 4 aromatic rings. The lowest BCUT2D eigenvalue weighted by molar-refractivity contribution is -0.129. The number of rotatable bonds is 9. The number of carbonyl (C=O) groups is 2. The van der Waals surface area contributed by atoms with Crippen LogP contribution in [0.3, 0.4) is 0 Å². The second kappa shape index (κ2) is 11.8. The molecule has 0 radical (unpaired) electrons. The average molecular weight is 466 g/mol. The van der Waals surface area contributed by atoms with Crippen molar-refractivity contribution in [3.63, 3.8) is 0 Å². The quantitative estimate of drug-likeness (QED) is 0.122. The molecule has 35 heavy (non-hydrogen) atoms. The van der Waals surface area contributed by atoms with Crippen molar-refractivity contribution in [3.8, 4) is 22.6 Å². The Kier molecular flexibility index (Phi) is 7.85. The molecule has 3 aromatic carbocycles. The fourth-order valence-electron chi connectivity index (χ4n) is 3.08. The van der Waals surface area contributed by atoms with Gasteiger partial charge in [0.15, 0.2) is 6.61 Å². The minimum Gasteiger partial charge on any atom is -0.484 e. The molecule has 1 amide bonds.